The zero-order valence-electron chi connectivity index (χ0n) is 24.5. The van der Waals surface area contributed by atoms with Crippen LogP contribution in [0.15, 0.2) is 42.5 Å². The number of rotatable bonds is 14. The number of nitrogens with zero attached hydrogens (tertiary/aromatic N) is 3. The smallest absolute Gasteiger partial charge is 0.548 e. The van der Waals surface area contributed by atoms with Gasteiger partial charge in [0.1, 0.15) is 24.7 Å². The van der Waals surface area contributed by atoms with Gasteiger partial charge in [-0.2, -0.15) is 0 Å². The van der Waals surface area contributed by atoms with Gasteiger partial charge in [0.2, 0.25) is 0 Å². The van der Waals surface area contributed by atoms with Crippen molar-refractivity contribution in [2.75, 3.05) is 43.1 Å². The quantitative estimate of drug-likeness (QED) is 0.157. The topological polar surface area (TPSA) is 227 Å². The molecule has 0 unspecified atom stereocenters. The molecule has 0 bridgehead atoms. The molecule has 214 valence electrons. The molecule has 0 atom stereocenters. The number of carboxylic acids is 4. The maximum Gasteiger partial charge on any atom is 1.00 e. The molecule has 1 aromatic heterocycles. The van der Waals surface area contributed by atoms with Gasteiger partial charge in [0.15, 0.2) is 0 Å². The minimum atomic E-state index is -1.50. The molecule has 0 aliphatic heterocycles. The van der Waals surface area contributed by atoms with E-state index in [9.17, 15) is 39.6 Å². The van der Waals surface area contributed by atoms with Crippen molar-refractivity contribution in [3.63, 3.8) is 0 Å². The van der Waals surface area contributed by atoms with Gasteiger partial charge in [0.05, 0.1) is 67.2 Å². The fourth-order valence-corrected chi connectivity index (χ4v) is 3.90. The zero-order valence-corrected chi connectivity index (χ0v) is 33.9. The first kappa shape index (κ1) is 44.9. The first-order valence-corrected chi connectivity index (χ1v) is 11.5. The number of fused-ring (bicyclic) bond motifs is 1. The van der Waals surface area contributed by atoms with E-state index in [1.807, 2.05) is 0 Å². The Balaban J connectivity index is 0. The number of aryl methyl sites for hydroxylation is 1. The van der Waals surface area contributed by atoms with Gasteiger partial charge in [0, 0.05) is 11.5 Å². The summed E-state index contributed by atoms with van der Waals surface area (Å²) in [5.74, 6) is -5.22. The van der Waals surface area contributed by atoms with Gasteiger partial charge >= 0.3 is 160 Å². The number of methoxy groups -OCH3 is 1. The maximum atomic E-state index is 11.4. The van der Waals surface area contributed by atoms with Crippen LogP contribution in [0.5, 0.6) is 11.5 Å². The van der Waals surface area contributed by atoms with E-state index in [0.717, 1.165) is 15.4 Å². The van der Waals surface area contributed by atoms with Crippen molar-refractivity contribution in [3.8, 4) is 11.5 Å². The second-order valence-corrected chi connectivity index (χ2v) is 8.50. The largest absolute Gasteiger partial charge is 1.00 e. The summed E-state index contributed by atoms with van der Waals surface area (Å²) in [6.45, 7) is -1.17. The molecule has 2 aromatic carbocycles. The molecule has 43 heavy (non-hydrogen) atoms. The summed E-state index contributed by atoms with van der Waals surface area (Å²) in [4.78, 5) is 51.8. The number of anilines is 2. The molecule has 1 heterocycles. The second kappa shape index (κ2) is 21.6. The molecule has 14 nitrogen and oxygen atoms in total. The van der Waals surface area contributed by atoms with E-state index < -0.39 is 50.1 Å². The average Bonchev–Trinajstić information content (AvgIpc) is 2.84. The average molecular weight is 674 g/mol. The van der Waals surface area contributed by atoms with Crippen molar-refractivity contribution in [1.29, 1.82) is 0 Å². The van der Waals surface area contributed by atoms with E-state index >= 15 is 0 Å². The van der Waals surface area contributed by atoms with Crippen LogP contribution in [0.1, 0.15) is 11.3 Å². The van der Waals surface area contributed by atoms with Crippen molar-refractivity contribution >= 4 is 46.2 Å². The van der Waals surface area contributed by atoms with E-state index in [4.69, 9.17) is 9.47 Å². The Morgan fingerprint density at radius 1 is 0.814 bits per heavy atom. The Morgan fingerprint density at radius 3 is 1.88 bits per heavy atom. The van der Waals surface area contributed by atoms with Crippen molar-refractivity contribution in [2.45, 2.75) is 13.5 Å². The maximum absolute atomic E-state index is 11.4. The fraction of sp³-hybridized carbons (Fsp3) is 0.269. The van der Waals surface area contributed by atoms with Gasteiger partial charge in [-0.1, -0.05) is 12.1 Å². The molecule has 3 aromatic rings. The first-order chi connectivity index (χ1) is 18.5. The van der Waals surface area contributed by atoms with Gasteiger partial charge in [-0.3, -0.25) is 4.79 Å². The van der Waals surface area contributed by atoms with Crippen molar-refractivity contribution in [1.82, 2.24) is 4.98 Å². The van der Waals surface area contributed by atoms with E-state index in [-0.39, 0.29) is 189 Å². The molecule has 0 aliphatic carbocycles. The number of carboxylic acid groups (broad SMARTS) is 4. The summed E-state index contributed by atoms with van der Waals surface area (Å²) < 4.78 is 11.2. The molecule has 0 aliphatic rings. The standard InChI is InChI=1S/C26H27N3O10.3K.H2O/c1-15-3-6-19(28(10-22(30)31)11-23(32)33)21(7-15)39-14-17-5-4-16-8-18(38-2)9-20(26(16)27-17)29(12-24(34)35)13-25(36)37;;;;/h3-9H,10-14H2,1-2H3,(H,30,31)(H,32,33)(H,34,35)(H,36,37);;;;1H2/q;3*+1;/p-3. The van der Waals surface area contributed by atoms with Crippen LogP contribution >= 0.6 is 0 Å². The molecule has 0 amide bonds. The molecule has 0 fully saturated rings. The molecule has 0 saturated carbocycles. The van der Waals surface area contributed by atoms with Gasteiger partial charge in [0.25, 0.3) is 0 Å². The predicted molar refractivity (Wildman–Crippen MR) is 135 cm³/mol. The Bertz CT molecular complexity index is 1390. The summed E-state index contributed by atoms with van der Waals surface area (Å²) >= 11 is 0. The van der Waals surface area contributed by atoms with Crippen LogP contribution in [0.4, 0.5) is 11.4 Å². The van der Waals surface area contributed by atoms with Crippen LogP contribution in [-0.2, 0) is 25.8 Å². The number of hydrogen-bond acceptors (Lipinski definition) is 12. The van der Waals surface area contributed by atoms with Crippen molar-refractivity contribution in [3.05, 3.63) is 53.7 Å². The minimum Gasteiger partial charge on any atom is -0.548 e. The number of benzene rings is 2. The third kappa shape index (κ3) is 14.0. The molecular weight excluding hydrogens is 648 g/mol. The third-order valence-corrected chi connectivity index (χ3v) is 5.50. The molecule has 0 saturated heterocycles. The van der Waals surface area contributed by atoms with Gasteiger partial charge < -0.3 is 59.6 Å². The fourth-order valence-electron chi connectivity index (χ4n) is 3.90. The molecule has 17 heteroatoms. The minimum absolute atomic E-state index is 0. The first-order valence-electron chi connectivity index (χ1n) is 11.5. The number of aromatic nitrogens is 1. The van der Waals surface area contributed by atoms with Crippen LogP contribution in [0.25, 0.3) is 10.9 Å². The number of aliphatic carboxylic acids is 4. The Morgan fingerprint density at radius 2 is 1.37 bits per heavy atom. The summed E-state index contributed by atoms with van der Waals surface area (Å²) in [5, 5.41) is 43.6. The van der Waals surface area contributed by atoms with Crippen LogP contribution in [-0.4, -0.2) is 72.7 Å². The Labute approximate surface area is 374 Å². The normalized spacial score (nSPS) is 9.63. The summed E-state index contributed by atoms with van der Waals surface area (Å²) in [7, 11) is 1.41. The molecule has 3 N–H and O–H groups in total. The molecule has 3 rings (SSSR count). The van der Waals surface area contributed by atoms with E-state index in [0.29, 0.717) is 16.8 Å². The Hall–Kier alpha value is -0.201. The van der Waals surface area contributed by atoms with Crippen LogP contribution in [0.2, 0.25) is 0 Å². The van der Waals surface area contributed by atoms with Gasteiger partial charge in [-0.05, 0) is 36.8 Å². The number of pyridine rings is 1. The second-order valence-electron chi connectivity index (χ2n) is 8.50. The van der Waals surface area contributed by atoms with E-state index in [2.05, 4.69) is 4.98 Å². The van der Waals surface area contributed by atoms with Gasteiger partial charge in [-0.25, -0.2) is 4.98 Å². The number of carbonyl (C=O) groups excluding carboxylic acids is 3. The number of ether oxygens (including phenoxy) is 2. The van der Waals surface area contributed by atoms with Crippen LogP contribution in [0.3, 0.4) is 0 Å². The molecular formula is C26H26K3N3O11. The van der Waals surface area contributed by atoms with E-state index in [1.54, 1.807) is 37.3 Å². The predicted octanol–water partition coefficient (Wildman–Crippen LogP) is -11.7. The summed E-state index contributed by atoms with van der Waals surface area (Å²) in [5.41, 5.74) is 1.75. The zero-order chi connectivity index (χ0) is 28.7. The SMILES string of the molecule is COc1cc(N(CC(=O)[O-])CC(=O)O)c2nc(COc3cc(C)ccc3N(CC(=O)[O-])CC(=O)[O-])ccc2c1.O.[K+].[K+].[K+]. The molecule has 0 spiro atoms. The number of hydrogen-bond donors (Lipinski definition) is 1. The summed E-state index contributed by atoms with van der Waals surface area (Å²) in [6.07, 6.45) is 0. The Kier molecular flexibility index (Phi) is 22.5. The molecule has 0 radical (unpaired) electrons. The van der Waals surface area contributed by atoms with Gasteiger partial charge in [-0.15, -0.1) is 0 Å². The monoisotopic (exact) mass is 673 g/mol. The number of carbonyl (C=O) groups is 4. The van der Waals surface area contributed by atoms with E-state index in [1.165, 1.54) is 19.2 Å². The van der Waals surface area contributed by atoms with Crippen LogP contribution in [0, 0.1) is 6.92 Å². The van der Waals surface area contributed by atoms with Crippen molar-refractivity contribution < 1.29 is 209 Å². The summed E-state index contributed by atoms with van der Waals surface area (Å²) in [6, 6.07) is 11.2. The van der Waals surface area contributed by atoms with Crippen molar-refractivity contribution in [2.24, 2.45) is 0 Å². The van der Waals surface area contributed by atoms with Crippen LogP contribution < -0.4 is 189 Å². The third-order valence-electron chi connectivity index (χ3n) is 5.50.